The van der Waals surface area contributed by atoms with E-state index in [2.05, 4.69) is 27.7 Å². The molecule has 0 aromatic heterocycles. The smallest absolute Gasteiger partial charge is 0.0763 e. The summed E-state index contributed by atoms with van der Waals surface area (Å²) in [5.74, 6) is 1.22. The predicted molar refractivity (Wildman–Crippen MR) is 64.8 cm³/mol. The van der Waals surface area contributed by atoms with Crippen LogP contribution >= 0.6 is 11.8 Å². The quantitative estimate of drug-likeness (QED) is 0.763. The van der Waals surface area contributed by atoms with Crippen molar-refractivity contribution in [3.05, 3.63) is 0 Å². The van der Waals surface area contributed by atoms with Crippen LogP contribution in [0.3, 0.4) is 0 Å². The minimum absolute atomic E-state index is 0.345. The van der Waals surface area contributed by atoms with Gasteiger partial charge in [0.15, 0.2) is 0 Å². The van der Waals surface area contributed by atoms with E-state index in [0.717, 1.165) is 19.3 Å². The summed E-state index contributed by atoms with van der Waals surface area (Å²) < 4.78 is 0. The van der Waals surface area contributed by atoms with Crippen LogP contribution in [0, 0.1) is 5.41 Å². The first-order chi connectivity index (χ1) is 6.33. The van der Waals surface area contributed by atoms with Crippen molar-refractivity contribution in [2.24, 2.45) is 5.41 Å². The van der Waals surface area contributed by atoms with E-state index in [4.69, 9.17) is 0 Å². The molecule has 0 radical (unpaired) electrons. The molecule has 1 rings (SSSR count). The zero-order chi connectivity index (χ0) is 10.8. The average Bonchev–Trinajstić information content (AvgIpc) is 2.06. The monoisotopic (exact) mass is 216 g/mol. The molecule has 1 saturated heterocycles. The van der Waals surface area contributed by atoms with Gasteiger partial charge in [0.1, 0.15) is 0 Å². The Bertz CT molecular complexity index is 185. The van der Waals surface area contributed by atoms with Gasteiger partial charge >= 0.3 is 0 Å². The molecule has 2 atom stereocenters. The van der Waals surface area contributed by atoms with E-state index in [1.165, 1.54) is 12.2 Å². The molecule has 0 saturated carbocycles. The summed E-state index contributed by atoms with van der Waals surface area (Å²) in [6, 6.07) is 0. The van der Waals surface area contributed by atoms with Crippen molar-refractivity contribution in [1.82, 2.24) is 0 Å². The molecule has 0 spiro atoms. The van der Waals surface area contributed by atoms with Gasteiger partial charge in [-0.15, -0.1) is 0 Å². The van der Waals surface area contributed by atoms with E-state index in [1.807, 2.05) is 11.8 Å². The van der Waals surface area contributed by atoms with Crippen molar-refractivity contribution < 1.29 is 5.11 Å². The Morgan fingerprint density at radius 1 is 1.43 bits per heavy atom. The molecule has 1 heterocycles. The Hall–Kier alpha value is 0.310. The maximum absolute atomic E-state index is 10.5. The van der Waals surface area contributed by atoms with E-state index >= 15 is 0 Å². The van der Waals surface area contributed by atoms with Gasteiger partial charge < -0.3 is 5.11 Å². The largest absolute Gasteiger partial charge is 0.389 e. The van der Waals surface area contributed by atoms with Crippen molar-refractivity contribution in [3.63, 3.8) is 0 Å². The van der Waals surface area contributed by atoms with Crippen molar-refractivity contribution >= 4 is 11.8 Å². The van der Waals surface area contributed by atoms with Crippen molar-refractivity contribution in [1.29, 1.82) is 0 Å². The minimum atomic E-state index is -0.393. The van der Waals surface area contributed by atoms with Crippen LogP contribution in [0.1, 0.15) is 53.4 Å². The van der Waals surface area contributed by atoms with Crippen LogP contribution in [0.25, 0.3) is 0 Å². The fraction of sp³-hybridized carbons (Fsp3) is 1.00. The first-order valence-corrected chi connectivity index (χ1v) is 6.72. The molecule has 1 aliphatic heterocycles. The Kier molecular flexibility index (Phi) is 3.93. The predicted octanol–water partition coefficient (Wildman–Crippen LogP) is 3.46. The normalized spacial score (nSPS) is 34.5. The standard InChI is InChI=1S/C12H24OS/c1-10-12(13,6-5-9-14-10)8-7-11(2,3)4/h10,13H,5-9H2,1-4H3. The SMILES string of the molecule is CC1SCCCC1(O)CCC(C)(C)C. The highest BCUT2D eigenvalue weighted by Crippen LogP contribution is 2.39. The van der Waals surface area contributed by atoms with Gasteiger partial charge in [0, 0.05) is 5.25 Å². The molecule has 14 heavy (non-hydrogen) atoms. The van der Waals surface area contributed by atoms with E-state index in [0.29, 0.717) is 10.7 Å². The lowest BCUT2D eigenvalue weighted by atomic mass is 9.81. The van der Waals surface area contributed by atoms with Crippen molar-refractivity contribution in [3.8, 4) is 0 Å². The van der Waals surface area contributed by atoms with Gasteiger partial charge in [-0.2, -0.15) is 11.8 Å². The second kappa shape index (κ2) is 4.44. The van der Waals surface area contributed by atoms with Gasteiger partial charge in [-0.1, -0.05) is 27.7 Å². The molecular weight excluding hydrogens is 192 g/mol. The second-order valence-corrected chi connectivity index (χ2v) is 7.23. The molecule has 0 aliphatic carbocycles. The van der Waals surface area contributed by atoms with Crippen LogP contribution in [-0.4, -0.2) is 21.7 Å². The molecule has 1 aliphatic rings. The number of thioether (sulfide) groups is 1. The second-order valence-electron chi connectivity index (χ2n) is 5.78. The Labute approximate surface area is 92.7 Å². The summed E-state index contributed by atoms with van der Waals surface area (Å²) in [5, 5.41) is 10.9. The summed E-state index contributed by atoms with van der Waals surface area (Å²) in [5.41, 5.74) is -0.0479. The summed E-state index contributed by atoms with van der Waals surface area (Å²) in [7, 11) is 0. The van der Waals surface area contributed by atoms with Crippen LogP contribution in [0.4, 0.5) is 0 Å². The summed E-state index contributed by atoms with van der Waals surface area (Å²) in [4.78, 5) is 0. The highest BCUT2D eigenvalue weighted by Gasteiger charge is 2.36. The van der Waals surface area contributed by atoms with Crippen LogP contribution in [0.5, 0.6) is 0 Å². The van der Waals surface area contributed by atoms with Crippen LogP contribution in [0.15, 0.2) is 0 Å². The van der Waals surface area contributed by atoms with Crippen LogP contribution < -0.4 is 0 Å². The number of hydrogen-bond acceptors (Lipinski definition) is 2. The fourth-order valence-electron chi connectivity index (χ4n) is 1.92. The molecule has 2 unspecified atom stereocenters. The van der Waals surface area contributed by atoms with Gasteiger partial charge in [-0.25, -0.2) is 0 Å². The van der Waals surface area contributed by atoms with E-state index in [-0.39, 0.29) is 0 Å². The summed E-state index contributed by atoms with van der Waals surface area (Å²) >= 11 is 1.93. The lowest BCUT2D eigenvalue weighted by molar-refractivity contribution is 0.0110. The van der Waals surface area contributed by atoms with Crippen LogP contribution in [0.2, 0.25) is 0 Å². The van der Waals surface area contributed by atoms with Crippen molar-refractivity contribution in [2.75, 3.05) is 5.75 Å². The third kappa shape index (κ3) is 3.47. The number of hydrogen-bond donors (Lipinski definition) is 1. The molecular formula is C12H24OS. The van der Waals surface area contributed by atoms with E-state index in [1.54, 1.807) is 0 Å². The molecule has 2 heteroatoms. The molecule has 1 N–H and O–H groups in total. The first-order valence-electron chi connectivity index (χ1n) is 5.67. The van der Waals surface area contributed by atoms with E-state index < -0.39 is 5.60 Å². The maximum atomic E-state index is 10.5. The Morgan fingerprint density at radius 2 is 2.07 bits per heavy atom. The molecule has 1 fully saturated rings. The van der Waals surface area contributed by atoms with Crippen molar-refractivity contribution in [2.45, 2.75) is 64.2 Å². The lowest BCUT2D eigenvalue weighted by Gasteiger charge is -2.39. The minimum Gasteiger partial charge on any atom is -0.389 e. The highest BCUT2D eigenvalue weighted by molar-refractivity contribution is 8.00. The number of aliphatic hydroxyl groups is 1. The molecule has 0 aromatic rings. The lowest BCUT2D eigenvalue weighted by Crippen LogP contribution is -2.42. The Morgan fingerprint density at radius 3 is 2.57 bits per heavy atom. The maximum Gasteiger partial charge on any atom is 0.0763 e. The first kappa shape index (κ1) is 12.4. The van der Waals surface area contributed by atoms with Gasteiger partial charge in [0.2, 0.25) is 0 Å². The Balaban J connectivity index is 2.47. The van der Waals surface area contributed by atoms with E-state index in [9.17, 15) is 5.11 Å². The molecule has 0 aromatic carbocycles. The van der Waals surface area contributed by atoms with Gasteiger partial charge in [-0.05, 0) is 36.9 Å². The average molecular weight is 216 g/mol. The summed E-state index contributed by atoms with van der Waals surface area (Å²) in [6.07, 6.45) is 4.26. The summed E-state index contributed by atoms with van der Waals surface area (Å²) in [6.45, 7) is 8.91. The topological polar surface area (TPSA) is 20.2 Å². The third-order valence-electron chi connectivity index (χ3n) is 3.19. The van der Waals surface area contributed by atoms with Gasteiger partial charge in [0.25, 0.3) is 0 Å². The van der Waals surface area contributed by atoms with Gasteiger partial charge in [-0.3, -0.25) is 0 Å². The zero-order valence-corrected chi connectivity index (χ0v) is 10.8. The zero-order valence-electron chi connectivity index (χ0n) is 9.97. The molecule has 84 valence electrons. The van der Waals surface area contributed by atoms with Crippen LogP contribution in [-0.2, 0) is 0 Å². The molecule has 1 nitrogen and oxygen atoms in total. The third-order valence-corrected chi connectivity index (χ3v) is 4.65. The molecule has 0 amide bonds. The molecule has 0 bridgehead atoms. The van der Waals surface area contributed by atoms with Gasteiger partial charge in [0.05, 0.1) is 5.60 Å². The fourth-order valence-corrected chi connectivity index (χ4v) is 3.13. The number of rotatable bonds is 2. The highest BCUT2D eigenvalue weighted by atomic mass is 32.2.